The van der Waals surface area contributed by atoms with E-state index < -0.39 is 0 Å². The molecule has 0 saturated carbocycles. The van der Waals surface area contributed by atoms with E-state index in [0.29, 0.717) is 10.5 Å². The molecule has 0 spiro atoms. The summed E-state index contributed by atoms with van der Waals surface area (Å²) in [5, 5.41) is 1.96. The Bertz CT molecular complexity index is 1110. The molecule has 3 aromatic rings. The molecule has 1 atom stereocenters. The third-order valence-corrected chi connectivity index (χ3v) is 5.85. The third kappa shape index (κ3) is 4.83. The zero-order valence-corrected chi connectivity index (χ0v) is 18.4. The van der Waals surface area contributed by atoms with Crippen molar-refractivity contribution in [2.75, 3.05) is 0 Å². The van der Waals surface area contributed by atoms with Crippen LogP contribution in [0.4, 0.5) is 4.39 Å². The maximum Gasteiger partial charge on any atom is 0.141 e. The molecule has 0 bridgehead atoms. The summed E-state index contributed by atoms with van der Waals surface area (Å²) in [6.07, 6.45) is 0.760. The number of nitrogens with two attached hydrogens (primary N) is 1. The number of fused-ring (bicyclic) bond motifs is 3. The molecule has 29 heavy (non-hydrogen) atoms. The lowest BCUT2D eigenvalue weighted by atomic mass is 9.94. The highest BCUT2D eigenvalue weighted by Crippen LogP contribution is 2.38. The van der Waals surface area contributed by atoms with Crippen LogP contribution in [0.3, 0.4) is 0 Å². The van der Waals surface area contributed by atoms with E-state index in [1.807, 2.05) is 59.6 Å². The summed E-state index contributed by atoms with van der Waals surface area (Å²) < 4.78 is 16.6. The number of nitrogens with zero attached hydrogens (tertiary/aromatic N) is 1. The van der Waals surface area contributed by atoms with E-state index in [1.165, 1.54) is 11.3 Å². The molecular weight excluding hydrogens is 383 g/mol. The minimum atomic E-state index is -0.209. The van der Waals surface area contributed by atoms with Gasteiger partial charge in [0.1, 0.15) is 12.6 Å². The number of thiophene rings is 1. The first kappa shape index (κ1) is 22.6. The van der Waals surface area contributed by atoms with Crippen LogP contribution < -0.4 is 5.73 Å². The lowest BCUT2D eigenvalue weighted by Crippen LogP contribution is -2.29. The largest absolute Gasteiger partial charge is 0.387 e. The van der Waals surface area contributed by atoms with Crippen LogP contribution in [0, 0.1) is 23.1 Å². The standard InChI is InChI=1S/C23H25FN2S.CH2O/c1-6-8-14-9-10-20-16(11-14)17-12-15(13-18(24)21(17)27-20)19(7-2)26-22(25)23(3,4)5;1-2/h9-13,19H,7H2,1-5H3,(H2,25,26);1H2. The van der Waals surface area contributed by atoms with Crippen molar-refractivity contribution in [2.24, 2.45) is 16.1 Å². The minimum Gasteiger partial charge on any atom is -0.387 e. The number of hydrogen-bond acceptors (Lipinski definition) is 3. The smallest absolute Gasteiger partial charge is 0.141 e. The molecule has 1 heterocycles. The Labute approximate surface area is 175 Å². The van der Waals surface area contributed by atoms with Gasteiger partial charge in [0.2, 0.25) is 0 Å². The first-order chi connectivity index (χ1) is 13.7. The number of halogens is 1. The zero-order valence-electron chi connectivity index (χ0n) is 17.6. The van der Waals surface area contributed by atoms with E-state index in [2.05, 4.69) is 17.9 Å². The van der Waals surface area contributed by atoms with Crippen LogP contribution in [0.1, 0.15) is 58.2 Å². The summed E-state index contributed by atoms with van der Waals surface area (Å²) in [7, 11) is 0. The van der Waals surface area contributed by atoms with Crippen LogP contribution in [0.5, 0.6) is 0 Å². The van der Waals surface area contributed by atoms with Gasteiger partial charge in [0.05, 0.1) is 16.6 Å². The molecule has 0 aliphatic rings. The first-order valence-electron chi connectivity index (χ1n) is 9.45. The lowest BCUT2D eigenvalue weighted by molar-refractivity contribution is -0.0979. The van der Waals surface area contributed by atoms with Crippen LogP contribution in [0.2, 0.25) is 0 Å². The fourth-order valence-electron chi connectivity index (χ4n) is 3.04. The summed E-state index contributed by atoms with van der Waals surface area (Å²) in [6, 6.07) is 9.56. The van der Waals surface area contributed by atoms with Crippen molar-refractivity contribution in [3.63, 3.8) is 0 Å². The average molecular weight is 411 g/mol. The van der Waals surface area contributed by atoms with Crippen molar-refractivity contribution in [3.05, 3.63) is 47.3 Å². The van der Waals surface area contributed by atoms with Crippen LogP contribution in [-0.4, -0.2) is 12.6 Å². The molecule has 0 fully saturated rings. The normalized spacial score (nSPS) is 12.8. The second-order valence-electron chi connectivity index (χ2n) is 7.76. The summed E-state index contributed by atoms with van der Waals surface area (Å²) in [4.78, 5) is 12.7. The van der Waals surface area contributed by atoms with Crippen molar-refractivity contribution in [2.45, 2.75) is 47.1 Å². The summed E-state index contributed by atoms with van der Waals surface area (Å²) in [6.45, 7) is 12.0. The number of carbonyl (C=O) groups is 1. The molecule has 2 aromatic carbocycles. The molecule has 0 saturated heterocycles. The van der Waals surface area contributed by atoms with Gasteiger partial charge >= 0.3 is 0 Å². The zero-order chi connectivity index (χ0) is 21.8. The van der Waals surface area contributed by atoms with E-state index in [4.69, 9.17) is 15.5 Å². The molecule has 0 amide bonds. The highest BCUT2D eigenvalue weighted by molar-refractivity contribution is 7.25. The topological polar surface area (TPSA) is 55.5 Å². The fraction of sp³-hybridized carbons (Fsp3) is 0.333. The Morgan fingerprint density at radius 3 is 2.52 bits per heavy atom. The van der Waals surface area contributed by atoms with Gasteiger partial charge in [-0.15, -0.1) is 17.3 Å². The Hall–Kier alpha value is -2.71. The van der Waals surface area contributed by atoms with E-state index in [-0.39, 0.29) is 17.3 Å². The van der Waals surface area contributed by atoms with Gasteiger partial charge in [-0.1, -0.05) is 33.6 Å². The molecule has 1 aromatic heterocycles. The Morgan fingerprint density at radius 2 is 1.93 bits per heavy atom. The van der Waals surface area contributed by atoms with Crippen molar-refractivity contribution >= 4 is 44.1 Å². The molecule has 3 nitrogen and oxygen atoms in total. The van der Waals surface area contributed by atoms with Gasteiger partial charge in [-0.25, -0.2) is 4.39 Å². The number of aliphatic imine (C=N–C) groups is 1. The van der Waals surface area contributed by atoms with Gasteiger partial charge in [-0.2, -0.15) is 0 Å². The quantitative estimate of drug-likeness (QED) is 0.316. The summed E-state index contributed by atoms with van der Waals surface area (Å²) in [5.74, 6) is 6.39. The van der Waals surface area contributed by atoms with Gasteiger partial charge in [-0.3, -0.25) is 4.99 Å². The molecule has 152 valence electrons. The third-order valence-electron chi connectivity index (χ3n) is 4.65. The molecule has 0 radical (unpaired) electrons. The summed E-state index contributed by atoms with van der Waals surface area (Å²) >= 11 is 1.48. The van der Waals surface area contributed by atoms with Crippen molar-refractivity contribution in [1.29, 1.82) is 0 Å². The van der Waals surface area contributed by atoms with Crippen LogP contribution >= 0.6 is 11.3 Å². The lowest BCUT2D eigenvalue weighted by Gasteiger charge is -2.21. The Balaban J connectivity index is 0.00000145. The van der Waals surface area contributed by atoms with Crippen molar-refractivity contribution in [3.8, 4) is 11.8 Å². The van der Waals surface area contributed by atoms with Gasteiger partial charge in [-0.05, 0) is 49.2 Å². The highest BCUT2D eigenvalue weighted by atomic mass is 32.1. The maximum absolute atomic E-state index is 14.9. The van der Waals surface area contributed by atoms with Crippen LogP contribution in [-0.2, 0) is 4.79 Å². The monoisotopic (exact) mass is 410 g/mol. The first-order valence-corrected chi connectivity index (χ1v) is 10.3. The Morgan fingerprint density at radius 1 is 1.24 bits per heavy atom. The van der Waals surface area contributed by atoms with E-state index in [9.17, 15) is 4.39 Å². The predicted octanol–water partition coefficient (Wildman–Crippen LogP) is 6.23. The Kier molecular flexibility index (Phi) is 7.16. The predicted molar refractivity (Wildman–Crippen MR) is 123 cm³/mol. The maximum atomic E-state index is 14.9. The number of carbonyl (C=O) groups excluding carboxylic acids is 1. The van der Waals surface area contributed by atoms with Gasteiger partial charge in [0, 0.05) is 26.5 Å². The number of amidine groups is 1. The van der Waals surface area contributed by atoms with Crippen molar-refractivity contribution < 1.29 is 9.18 Å². The molecule has 0 aliphatic heterocycles. The fourth-order valence-corrected chi connectivity index (χ4v) is 4.11. The van der Waals surface area contributed by atoms with E-state index >= 15 is 0 Å². The van der Waals surface area contributed by atoms with Gasteiger partial charge in [0.25, 0.3) is 0 Å². The molecule has 5 heteroatoms. The minimum absolute atomic E-state index is 0.156. The average Bonchev–Trinajstić information content (AvgIpc) is 3.05. The molecule has 0 aliphatic carbocycles. The molecule has 3 rings (SSSR count). The SMILES string of the molecule is C=O.CC#Cc1ccc2sc3c(F)cc(C(CC)N=C(N)C(C)(C)C)cc3c2c1. The van der Waals surface area contributed by atoms with E-state index in [1.54, 1.807) is 6.07 Å². The molecular formula is C24H27FN2OS. The molecule has 1 unspecified atom stereocenters. The molecule has 2 N–H and O–H groups in total. The van der Waals surface area contributed by atoms with Gasteiger partial charge in [0.15, 0.2) is 0 Å². The second-order valence-corrected chi connectivity index (χ2v) is 8.81. The highest BCUT2D eigenvalue weighted by Gasteiger charge is 2.20. The summed E-state index contributed by atoms with van der Waals surface area (Å²) in [5.41, 5.74) is 7.78. The van der Waals surface area contributed by atoms with E-state index in [0.717, 1.165) is 33.0 Å². The van der Waals surface area contributed by atoms with Crippen LogP contribution in [0.25, 0.3) is 20.2 Å². The van der Waals surface area contributed by atoms with Crippen LogP contribution in [0.15, 0.2) is 35.3 Å². The van der Waals surface area contributed by atoms with Crippen molar-refractivity contribution in [1.82, 2.24) is 0 Å². The second kappa shape index (κ2) is 9.19. The number of rotatable bonds is 3. The number of benzene rings is 2. The van der Waals surface area contributed by atoms with Gasteiger partial charge < -0.3 is 10.5 Å². The number of hydrogen-bond donors (Lipinski definition) is 1.